The predicted molar refractivity (Wildman–Crippen MR) is 126 cm³/mol. The Bertz CT molecular complexity index is 1470. The Labute approximate surface area is 202 Å². The van der Waals surface area contributed by atoms with Crippen LogP contribution in [0.5, 0.6) is 0 Å². The van der Waals surface area contributed by atoms with Gasteiger partial charge in [0.1, 0.15) is 9.79 Å². The average Bonchev–Trinajstić information content (AvgIpc) is 3.51. The maximum Gasteiger partial charge on any atom is 0.253 e. The molecule has 5 N–H and O–H groups in total. The number of tetrazole rings is 1. The standard InChI is InChI=1S/C20H24N8O5S2/c1-28(2)20(29)15-6-4-3-5-13(15)14-7-8-16(35(32,33)25-12-9-10-22-11-12)18(34(21,30)31)17(14)19-23-26-27-24-19/h3-8,12,22,25H,9-11H2,1-2H3,(H2,21,30,31)(H,23,24,26,27)/t12-/m1/s1. The number of nitrogens with zero attached hydrogens (tertiary/aromatic N) is 4. The van der Waals surface area contributed by atoms with Gasteiger partial charge >= 0.3 is 0 Å². The second kappa shape index (κ2) is 9.43. The van der Waals surface area contributed by atoms with Crippen molar-refractivity contribution >= 4 is 26.0 Å². The Morgan fingerprint density at radius 2 is 1.86 bits per heavy atom. The smallest absolute Gasteiger partial charge is 0.253 e. The number of nitrogens with one attached hydrogen (secondary N) is 3. The molecule has 0 spiro atoms. The molecule has 2 heterocycles. The summed E-state index contributed by atoms with van der Waals surface area (Å²) in [5, 5.41) is 22.1. The third-order valence-electron chi connectivity index (χ3n) is 5.50. The molecule has 186 valence electrons. The highest BCUT2D eigenvalue weighted by Crippen LogP contribution is 2.40. The molecular formula is C20H24N8O5S2. The number of carbonyl (C=O) groups excluding carboxylic acids is 1. The van der Waals surface area contributed by atoms with Gasteiger partial charge in [0.25, 0.3) is 5.91 Å². The van der Waals surface area contributed by atoms with Gasteiger partial charge in [-0.1, -0.05) is 24.3 Å². The van der Waals surface area contributed by atoms with E-state index in [0.717, 1.165) is 6.07 Å². The number of benzene rings is 2. The number of aromatic amines is 1. The van der Waals surface area contributed by atoms with Gasteiger partial charge in [-0.15, -0.1) is 10.2 Å². The lowest BCUT2D eigenvalue weighted by atomic mass is 9.94. The Hall–Kier alpha value is -3.24. The van der Waals surface area contributed by atoms with E-state index in [1.165, 1.54) is 11.0 Å². The van der Waals surface area contributed by atoms with Crippen molar-refractivity contribution in [3.63, 3.8) is 0 Å². The number of aromatic nitrogens is 4. The summed E-state index contributed by atoms with van der Waals surface area (Å²) in [7, 11) is -5.80. The largest absolute Gasteiger partial charge is 0.345 e. The molecule has 0 bridgehead atoms. The quantitative estimate of drug-likeness (QED) is 0.318. The summed E-state index contributed by atoms with van der Waals surface area (Å²) >= 11 is 0. The monoisotopic (exact) mass is 520 g/mol. The topological polar surface area (TPSA) is 193 Å². The van der Waals surface area contributed by atoms with Crippen LogP contribution in [-0.4, -0.2) is 81.5 Å². The molecular weight excluding hydrogens is 496 g/mol. The van der Waals surface area contributed by atoms with Crippen LogP contribution in [-0.2, 0) is 20.0 Å². The fourth-order valence-corrected chi connectivity index (χ4v) is 6.83. The highest BCUT2D eigenvalue weighted by atomic mass is 32.2. The molecule has 15 heteroatoms. The van der Waals surface area contributed by atoms with Crippen molar-refractivity contribution in [1.82, 2.24) is 35.6 Å². The maximum atomic E-state index is 13.3. The van der Waals surface area contributed by atoms with Crippen LogP contribution in [0.15, 0.2) is 46.2 Å². The molecule has 2 aromatic carbocycles. The minimum atomic E-state index is -4.64. The van der Waals surface area contributed by atoms with Crippen molar-refractivity contribution in [3.8, 4) is 22.5 Å². The van der Waals surface area contributed by atoms with Gasteiger partial charge in [-0.25, -0.2) is 26.7 Å². The fourth-order valence-electron chi connectivity index (χ4n) is 3.96. The normalized spacial score (nSPS) is 16.4. The van der Waals surface area contributed by atoms with Crippen LogP contribution >= 0.6 is 0 Å². The van der Waals surface area contributed by atoms with Gasteiger partial charge < -0.3 is 10.2 Å². The van der Waals surface area contributed by atoms with E-state index in [2.05, 4.69) is 30.7 Å². The molecule has 1 atom stereocenters. The number of carbonyl (C=O) groups is 1. The minimum absolute atomic E-state index is 0.187. The highest BCUT2D eigenvalue weighted by molar-refractivity contribution is 7.92. The zero-order valence-corrected chi connectivity index (χ0v) is 20.5. The van der Waals surface area contributed by atoms with E-state index >= 15 is 0 Å². The van der Waals surface area contributed by atoms with E-state index in [9.17, 15) is 21.6 Å². The zero-order valence-electron chi connectivity index (χ0n) is 18.9. The van der Waals surface area contributed by atoms with Crippen molar-refractivity contribution in [2.45, 2.75) is 22.3 Å². The molecule has 0 radical (unpaired) electrons. The number of sulfonamides is 2. The Kier molecular flexibility index (Phi) is 6.70. The Balaban J connectivity index is 2.04. The molecule has 1 aliphatic rings. The lowest BCUT2D eigenvalue weighted by Crippen LogP contribution is -2.37. The fraction of sp³-hybridized carbons (Fsp3) is 0.300. The summed E-state index contributed by atoms with van der Waals surface area (Å²) in [5.41, 5.74) is 0.608. The third kappa shape index (κ3) is 4.94. The van der Waals surface area contributed by atoms with Crippen LogP contribution in [0.3, 0.4) is 0 Å². The SMILES string of the molecule is CN(C)C(=O)c1ccccc1-c1ccc(S(=O)(=O)N[C@@H]2CCNC2)c(S(N)(=O)=O)c1-c1nn[nH]n1. The summed E-state index contributed by atoms with van der Waals surface area (Å²) in [5.74, 6) is -0.542. The highest BCUT2D eigenvalue weighted by Gasteiger charge is 2.34. The molecule has 35 heavy (non-hydrogen) atoms. The van der Waals surface area contributed by atoms with Crippen molar-refractivity contribution in [3.05, 3.63) is 42.0 Å². The number of hydrogen-bond acceptors (Lipinski definition) is 9. The lowest BCUT2D eigenvalue weighted by molar-refractivity contribution is 0.0828. The molecule has 0 aliphatic carbocycles. The van der Waals surface area contributed by atoms with E-state index in [-0.39, 0.29) is 28.4 Å². The van der Waals surface area contributed by atoms with Crippen molar-refractivity contribution in [2.24, 2.45) is 5.14 Å². The van der Waals surface area contributed by atoms with E-state index in [4.69, 9.17) is 5.14 Å². The van der Waals surface area contributed by atoms with Crippen LogP contribution in [0.4, 0.5) is 0 Å². The van der Waals surface area contributed by atoms with Crippen molar-refractivity contribution in [2.75, 3.05) is 27.2 Å². The summed E-state index contributed by atoms with van der Waals surface area (Å²) < 4.78 is 54.9. The number of nitrogens with two attached hydrogens (primary N) is 1. The Morgan fingerprint density at radius 1 is 1.11 bits per heavy atom. The first-order chi connectivity index (χ1) is 16.5. The summed E-state index contributed by atoms with van der Waals surface area (Å²) in [6, 6.07) is 8.65. The van der Waals surface area contributed by atoms with E-state index in [1.807, 2.05) is 0 Å². The van der Waals surface area contributed by atoms with E-state index in [0.29, 0.717) is 25.1 Å². The average molecular weight is 521 g/mol. The summed E-state index contributed by atoms with van der Waals surface area (Å²) in [6.07, 6.45) is 0.541. The van der Waals surface area contributed by atoms with Gasteiger partial charge in [0.2, 0.25) is 25.9 Å². The zero-order chi connectivity index (χ0) is 25.4. The molecule has 1 aliphatic heterocycles. The van der Waals surface area contributed by atoms with E-state index < -0.39 is 35.9 Å². The van der Waals surface area contributed by atoms with E-state index in [1.54, 1.807) is 38.4 Å². The van der Waals surface area contributed by atoms with Gasteiger partial charge in [0.05, 0.1) is 5.56 Å². The number of primary sulfonamides is 1. The van der Waals surface area contributed by atoms with Crippen molar-refractivity contribution in [1.29, 1.82) is 0 Å². The molecule has 0 saturated carbocycles. The maximum absolute atomic E-state index is 13.3. The molecule has 0 unspecified atom stereocenters. The first kappa shape index (κ1) is 24.9. The van der Waals surface area contributed by atoms with Gasteiger partial charge in [0.15, 0.2) is 0 Å². The van der Waals surface area contributed by atoms with Gasteiger partial charge in [-0.3, -0.25) is 4.79 Å². The first-order valence-electron chi connectivity index (χ1n) is 10.5. The molecule has 1 saturated heterocycles. The van der Waals surface area contributed by atoms with Crippen molar-refractivity contribution < 1.29 is 21.6 Å². The number of H-pyrrole nitrogens is 1. The number of amides is 1. The predicted octanol–water partition coefficient (Wildman–Crippen LogP) is -0.477. The first-order valence-corrected chi connectivity index (χ1v) is 13.5. The molecule has 13 nitrogen and oxygen atoms in total. The van der Waals surface area contributed by atoms with Crippen LogP contribution in [0.2, 0.25) is 0 Å². The molecule has 4 rings (SSSR count). The summed E-state index contributed by atoms with van der Waals surface area (Å²) in [6.45, 7) is 1.03. The second-order valence-electron chi connectivity index (χ2n) is 8.15. The van der Waals surface area contributed by atoms with Crippen LogP contribution in [0, 0.1) is 0 Å². The lowest BCUT2D eigenvalue weighted by Gasteiger charge is -2.20. The van der Waals surface area contributed by atoms with Gasteiger partial charge in [0, 0.05) is 32.2 Å². The molecule has 3 aromatic rings. The summed E-state index contributed by atoms with van der Waals surface area (Å²) in [4.78, 5) is 13.0. The molecule has 1 aromatic heterocycles. The number of rotatable bonds is 7. The van der Waals surface area contributed by atoms with Gasteiger partial charge in [-0.05, 0) is 41.4 Å². The molecule has 1 fully saturated rings. The van der Waals surface area contributed by atoms with Gasteiger partial charge in [-0.2, -0.15) is 5.21 Å². The third-order valence-corrected chi connectivity index (χ3v) is 8.19. The van der Waals surface area contributed by atoms with Crippen LogP contribution in [0.1, 0.15) is 16.8 Å². The second-order valence-corrected chi connectivity index (χ2v) is 11.3. The minimum Gasteiger partial charge on any atom is -0.345 e. The van der Waals surface area contributed by atoms with Crippen LogP contribution in [0.25, 0.3) is 22.5 Å². The number of hydrogen-bond donors (Lipinski definition) is 4. The van der Waals surface area contributed by atoms with Crippen LogP contribution < -0.4 is 15.2 Å². The molecule has 1 amide bonds. The Morgan fingerprint density at radius 3 is 2.46 bits per heavy atom.